The highest BCUT2D eigenvalue weighted by Gasteiger charge is 2.44. The van der Waals surface area contributed by atoms with Crippen LogP contribution in [0.1, 0.15) is 24.1 Å². The van der Waals surface area contributed by atoms with Crippen LogP contribution >= 0.6 is 0 Å². The number of rotatable bonds is 6. The zero-order chi connectivity index (χ0) is 23.8. The van der Waals surface area contributed by atoms with Crippen LogP contribution in [0.4, 0.5) is 36.6 Å². The molecule has 0 radical (unpaired) electrons. The largest absolute Gasteiger partial charge is 0.433 e. The average Bonchev–Trinajstić information content (AvgIpc) is 3.13. The van der Waals surface area contributed by atoms with Gasteiger partial charge in [0, 0.05) is 31.6 Å². The highest BCUT2D eigenvalue weighted by atomic mass is 19.4. The summed E-state index contributed by atoms with van der Waals surface area (Å²) in [4.78, 5) is 13.3. The lowest BCUT2D eigenvalue weighted by Gasteiger charge is -2.39. The number of pyridine rings is 1. The summed E-state index contributed by atoms with van der Waals surface area (Å²) in [6, 6.07) is 2.57. The Kier molecular flexibility index (Phi) is 6.14. The molecule has 3 aromatic rings. The Labute approximate surface area is 183 Å². The average molecular weight is 476 g/mol. The van der Waals surface area contributed by atoms with Crippen molar-refractivity contribution in [3.05, 3.63) is 42.0 Å². The molecule has 178 valence electrons. The van der Waals surface area contributed by atoms with Crippen LogP contribution in [-0.4, -0.2) is 50.2 Å². The van der Waals surface area contributed by atoms with Crippen molar-refractivity contribution in [2.24, 2.45) is 5.92 Å². The molecule has 1 saturated heterocycles. The van der Waals surface area contributed by atoms with E-state index >= 15 is 0 Å². The van der Waals surface area contributed by atoms with Crippen LogP contribution in [0.2, 0.25) is 0 Å². The molecule has 0 bridgehead atoms. The SMILES string of the molecule is FC(F)Cn1ncc2ncc(N3CCC(F)(F)C(CCc4cccnc4C(F)(F)F)C3)nc21. The molecule has 4 rings (SSSR count). The van der Waals surface area contributed by atoms with E-state index in [-0.39, 0.29) is 48.5 Å². The van der Waals surface area contributed by atoms with Crippen molar-refractivity contribution >= 4 is 17.0 Å². The number of hydrogen-bond acceptors (Lipinski definition) is 5. The summed E-state index contributed by atoms with van der Waals surface area (Å²) in [5.41, 5.74) is -0.832. The summed E-state index contributed by atoms with van der Waals surface area (Å²) in [7, 11) is 0. The third kappa shape index (κ3) is 5.01. The molecule has 1 aliphatic heterocycles. The Hall–Kier alpha value is -2.99. The van der Waals surface area contributed by atoms with Crippen LogP contribution in [0, 0.1) is 5.92 Å². The first-order valence-electron chi connectivity index (χ1n) is 10.1. The fourth-order valence-corrected chi connectivity index (χ4v) is 3.97. The Morgan fingerprint density at radius 3 is 2.67 bits per heavy atom. The second-order valence-corrected chi connectivity index (χ2v) is 7.86. The zero-order valence-corrected chi connectivity index (χ0v) is 17.1. The topological polar surface area (TPSA) is 59.7 Å². The molecule has 0 saturated carbocycles. The van der Waals surface area contributed by atoms with Crippen molar-refractivity contribution in [3.8, 4) is 0 Å². The predicted molar refractivity (Wildman–Crippen MR) is 104 cm³/mol. The fourth-order valence-electron chi connectivity index (χ4n) is 3.97. The van der Waals surface area contributed by atoms with Gasteiger partial charge in [0.2, 0.25) is 0 Å². The molecule has 1 unspecified atom stereocenters. The second-order valence-electron chi connectivity index (χ2n) is 7.86. The third-order valence-corrected chi connectivity index (χ3v) is 5.64. The van der Waals surface area contributed by atoms with Crippen molar-refractivity contribution in [2.75, 3.05) is 18.0 Å². The van der Waals surface area contributed by atoms with E-state index in [0.717, 1.165) is 10.9 Å². The number of piperidine rings is 1. The van der Waals surface area contributed by atoms with Gasteiger partial charge in [-0.15, -0.1) is 0 Å². The molecular formula is C20H19F7N6. The summed E-state index contributed by atoms with van der Waals surface area (Å²) in [5, 5.41) is 3.83. The van der Waals surface area contributed by atoms with E-state index in [4.69, 9.17) is 0 Å². The summed E-state index contributed by atoms with van der Waals surface area (Å²) in [6.07, 6.45) is -4.63. The van der Waals surface area contributed by atoms with Gasteiger partial charge in [0.05, 0.1) is 12.4 Å². The van der Waals surface area contributed by atoms with Crippen LogP contribution in [-0.2, 0) is 19.1 Å². The molecule has 6 nitrogen and oxygen atoms in total. The highest BCUT2D eigenvalue weighted by Crippen LogP contribution is 2.38. The van der Waals surface area contributed by atoms with Crippen molar-refractivity contribution in [1.29, 1.82) is 0 Å². The van der Waals surface area contributed by atoms with E-state index in [0.29, 0.717) is 0 Å². The molecular weight excluding hydrogens is 457 g/mol. The lowest BCUT2D eigenvalue weighted by atomic mass is 9.88. The highest BCUT2D eigenvalue weighted by molar-refractivity contribution is 5.71. The lowest BCUT2D eigenvalue weighted by molar-refractivity contribution is -0.141. The van der Waals surface area contributed by atoms with Gasteiger partial charge in [-0.1, -0.05) is 6.07 Å². The normalized spacial score (nSPS) is 18.9. The Morgan fingerprint density at radius 1 is 1.15 bits per heavy atom. The molecule has 0 spiro atoms. The standard InChI is InChI=1S/C20H19F7N6/c21-15(22)11-33-18-14(8-30-33)29-9-16(31-18)32-7-5-19(23,24)13(10-32)4-3-12-2-1-6-28-17(12)20(25,26)27/h1-2,6,8-9,13,15H,3-5,7,10-11H2. The molecule has 4 heterocycles. The summed E-state index contributed by atoms with van der Waals surface area (Å²) in [6.45, 7) is -0.917. The predicted octanol–water partition coefficient (Wildman–Crippen LogP) is 4.60. The van der Waals surface area contributed by atoms with Gasteiger partial charge < -0.3 is 4.90 Å². The molecule has 3 aromatic heterocycles. The van der Waals surface area contributed by atoms with Crippen LogP contribution in [0.15, 0.2) is 30.7 Å². The van der Waals surface area contributed by atoms with E-state index in [1.165, 1.54) is 24.5 Å². The minimum absolute atomic E-state index is 0.0621. The van der Waals surface area contributed by atoms with Crippen molar-refractivity contribution in [3.63, 3.8) is 0 Å². The van der Waals surface area contributed by atoms with Gasteiger partial charge in [0.15, 0.2) is 5.65 Å². The molecule has 1 atom stereocenters. The van der Waals surface area contributed by atoms with E-state index in [1.807, 2.05) is 0 Å². The molecule has 1 fully saturated rings. The van der Waals surface area contributed by atoms with E-state index in [9.17, 15) is 30.7 Å². The van der Waals surface area contributed by atoms with Gasteiger partial charge in [0.25, 0.3) is 12.3 Å². The number of fused-ring (bicyclic) bond motifs is 1. The maximum Gasteiger partial charge on any atom is 0.433 e. The van der Waals surface area contributed by atoms with Crippen molar-refractivity contribution in [2.45, 2.75) is 44.3 Å². The number of anilines is 1. The number of nitrogens with zero attached hydrogens (tertiary/aromatic N) is 6. The molecule has 0 amide bonds. The van der Waals surface area contributed by atoms with Crippen LogP contribution < -0.4 is 4.90 Å². The number of halogens is 7. The smallest absolute Gasteiger partial charge is 0.355 e. The van der Waals surface area contributed by atoms with Gasteiger partial charge in [-0.25, -0.2) is 32.2 Å². The van der Waals surface area contributed by atoms with E-state index in [2.05, 4.69) is 20.1 Å². The van der Waals surface area contributed by atoms with Crippen LogP contribution in [0.25, 0.3) is 11.2 Å². The molecule has 0 aliphatic carbocycles. The second kappa shape index (κ2) is 8.75. The van der Waals surface area contributed by atoms with Gasteiger partial charge in [-0.2, -0.15) is 18.3 Å². The fraction of sp³-hybridized carbons (Fsp3) is 0.500. The Morgan fingerprint density at radius 2 is 1.94 bits per heavy atom. The Bertz CT molecular complexity index is 1110. The first kappa shape index (κ1) is 23.2. The number of aromatic nitrogens is 5. The monoisotopic (exact) mass is 476 g/mol. The first-order valence-corrected chi connectivity index (χ1v) is 10.1. The quantitative estimate of drug-likeness (QED) is 0.487. The van der Waals surface area contributed by atoms with Gasteiger partial charge in [-0.05, 0) is 24.5 Å². The van der Waals surface area contributed by atoms with E-state index in [1.54, 1.807) is 4.90 Å². The Balaban J connectivity index is 1.53. The summed E-state index contributed by atoms with van der Waals surface area (Å²) >= 11 is 0. The summed E-state index contributed by atoms with van der Waals surface area (Å²) < 4.78 is 95.3. The molecule has 0 N–H and O–H groups in total. The first-order chi connectivity index (χ1) is 15.5. The molecule has 13 heteroatoms. The number of alkyl halides is 7. The van der Waals surface area contributed by atoms with Crippen molar-refractivity contribution in [1.82, 2.24) is 24.7 Å². The van der Waals surface area contributed by atoms with Gasteiger partial charge in [0.1, 0.15) is 23.6 Å². The minimum Gasteiger partial charge on any atom is -0.355 e. The maximum absolute atomic E-state index is 14.6. The maximum atomic E-state index is 14.6. The minimum atomic E-state index is -4.68. The number of aryl methyl sites for hydroxylation is 1. The molecule has 1 aliphatic rings. The van der Waals surface area contributed by atoms with Gasteiger partial charge in [-0.3, -0.25) is 4.98 Å². The van der Waals surface area contributed by atoms with Gasteiger partial charge >= 0.3 is 6.18 Å². The molecule has 0 aromatic carbocycles. The lowest BCUT2D eigenvalue weighted by Crippen LogP contribution is -2.47. The third-order valence-electron chi connectivity index (χ3n) is 5.64. The van der Waals surface area contributed by atoms with E-state index < -0.39 is 43.1 Å². The number of hydrogen-bond donors (Lipinski definition) is 0. The zero-order valence-electron chi connectivity index (χ0n) is 17.1. The van der Waals surface area contributed by atoms with Crippen LogP contribution in [0.5, 0.6) is 0 Å². The van der Waals surface area contributed by atoms with Crippen molar-refractivity contribution < 1.29 is 30.7 Å². The molecule has 33 heavy (non-hydrogen) atoms. The summed E-state index contributed by atoms with van der Waals surface area (Å²) in [5.74, 6) is -4.10. The van der Waals surface area contributed by atoms with Crippen LogP contribution in [0.3, 0.4) is 0 Å².